The number of nitrogens with zero attached hydrogens (tertiary/aromatic N) is 4. The van der Waals surface area contributed by atoms with Crippen LogP contribution in [0.15, 0.2) is 41.3 Å². The molecule has 3 heterocycles. The second kappa shape index (κ2) is 11.8. The summed E-state index contributed by atoms with van der Waals surface area (Å²) in [5.41, 5.74) is 1.28. The lowest BCUT2D eigenvalue weighted by Crippen LogP contribution is -2.50. The fourth-order valence-electron chi connectivity index (χ4n) is 4.94. The van der Waals surface area contributed by atoms with Crippen LogP contribution in [0, 0.1) is 0 Å². The van der Waals surface area contributed by atoms with Crippen molar-refractivity contribution in [1.29, 1.82) is 0 Å². The topological polar surface area (TPSA) is 109 Å². The normalized spacial score (nSPS) is 16.3. The van der Waals surface area contributed by atoms with E-state index in [1.807, 2.05) is 28.5 Å². The number of aryl methyl sites for hydroxylation is 1. The summed E-state index contributed by atoms with van der Waals surface area (Å²) < 4.78 is 3.56. The van der Waals surface area contributed by atoms with Crippen LogP contribution in [-0.4, -0.2) is 49.6 Å². The molecule has 1 aromatic carbocycles. The Labute approximate surface area is 221 Å². The van der Waals surface area contributed by atoms with Crippen LogP contribution in [0.25, 0.3) is 17.0 Å². The summed E-state index contributed by atoms with van der Waals surface area (Å²) in [4.78, 5) is 44.9. The van der Waals surface area contributed by atoms with Crippen molar-refractivity contribution in [2.75, 3.05) is 11.4 Å². The van der Waals surface area contributed by atoms with Crippen molar-refractivity contribution in [3.05, 3.63) is 51.9 Å². The number of amides is 1. The lowest BCUT2D eigenvalue weighted by molar-refractivity contribution is -0.142. The second-order valence-electron chi connectivity index (χ2n) is 9.54. The van der Waals surface area contributed by atoms with Gasteiger partial charge in [-0.1, -0.05) is 56.8 Å². The summed E-state index contributed by atoms with van der Waals surface area (Å²) >= 11 is 6.05. The van der Waals surface area contributed by atoms with E-state index in [1.165, 1.54) is 0 Å². The molecule has 1 aliphatic rings. The van der Waals surface area contributed by atoms with E-state index in [0.717, 1.165) is 31.2 Å². The van der Waals surface area contributed by atoms with Gasteiger partial charge in [-0.2, -0.15) is 0 Å². The average molecular weight is 528 g/mol. The largest absolute Gasteiger partial charge is 0.480 e. The van der Waals surface area contributed by atoms with Gasteiger partial charge >= 0.3 is 5.97 Å². The predicted octanol–water partition coefficient (Wildman–Crippen LogP) is 4.34. The van der Waals surface area contributed by atoms with Crippen LogP contribution in [0.5, 0.6) is 0 Å². The number of hydrogen-bond acceptors (Lipinski definition) is 5. The summed E-state index contributed by atoms with van der Waals surface area (Å²) in [5.74, 6) is -0.202. The van der Waals surface area contributed by atoms with E-state index in [-0.39, 0.29) is 11.5 Å². The molecule has 2 aromatic heterocycles. The molecule has 0 aliphatic carbocycles. The Morgan fingerprint density at radius 3 is 2.62 bits per heavy atom. The van der Waals surface area contributed by atoms with Gasteiger partial charge in [0, 0.05) is 35.9 Å². The third kappa shape index (κ3) is 5.82. The van der Waals surface area contributed by atoms with Crippen LogP contribution in [0.3, 0.4) is 0 Å². The molecule has 4 rings (SSSR count). The Balaban J connectivity index is 1.75. The number of carbonyl (C=O) groups excluding carboxylic acids is 1. The van der Waals surface area contributed by atoms with Gasteiger partial charge in [0.15, 0.2) is 0 Å². The number of aromatic nitrogens is 3. The van der Waals surface area contributed by atoms with Crippen molar-refractivity contribution < 1.29 is 14.7 Å². The molecule has 2 atom stereocenters. The zero-order valence-electron chi connectivity index (χ0n) is 21.3. The Bertz CT molecular complexity index is 1320. The SMILES string of the molecule is CCCCCn1c(N2CCC[C@H]2C(=O)N[C@@H](CCC)C(=O)O)cc(=O)n2cc(-c3ccc(Cl)cc3)nc12. The highest BCUT2D eigenvalue weighted by molar-refractivity contribution is 6.30. The molecule has 198 valence electrons. The molecule has 0 unspecified atom stereocenters. The first kappa shape index (κ1) is 26.7. The van der Waals surface area contributed by atoms with Crippen molar-refractivity contribution in [2.45, 2.75) is 77.4 Å². The smallest absolute Gasteiger partial charge is 0.326 e. The quantitative estimate of drug-likeness (QED) is 0.359. The van der Waals surface area contributed by atoms with Crippen molar-refractivity contribution in [2.24, 2.45) is 0 Å². The van der Waals surface area contributed by atoms with Crippen molar-refractivity contribution >= 4 is 35.1 Å². The Kier molecular flexibility index (Phi) is 8.53. The van der Waals surface area contributed by atoms with E-state index in [0.29, 0.717) is 54.7 Å². The van der Waals surface area contributed by atoms with E-state index >= 15 is 0 Å². The number of carboxylic acids is 1. The van der Waals surface area contributed by atoms with Gasteiger partial charge in [-0.05, 0) is 37.8 Å². The number of carboxylic acid groups (broad SMARTS) is 1. The number of unbranched alkanes of at least 4 members (excludes halogenated alkanes) is 2. The Morgan fingerprint density at radius 1 is 1.19 bits per heavy atom. The second-order valence-corrected chi connectivity index (χ2v) is 9.98. The number of imidazole rings is 1. The molecule has 1 aliphatic heterocycles. The Morgan fingerprint density at radius 2 is 1.95 bits per heavy atom. The van der Waals surface area contributed by atoms with Crippen molar-refractivity contribution in [1.82, 2.24) is 19.3 Å². The van der Waals surface area contributed by atoms with E-state index < -0.39 is 18.1 Å². The number of benzene rings is 1. The first-order chi connectivity index (χ1) is 17.8. The summed E-state index contributed by atoms with van der Waals surface area (Å²) in [6.45, 7) is 5.25. The Hall–Kier alpha value is -3.33. The van der Waals surface area contributed by atoms with Gasteiger partial charge in [0.25, 0.3) is 5.56 Å². The zero-order valence-corrected chi connectivity index (χ0v) is 22.1. The predicted molar refractivity (Wildman–Crippen MR) is 144 cm³/mol. The molecule has 2 N–H and O–H groups in total. The maximum Gasteiger partial charge on any atom is 0.326 e. The molecule has 37 heavy (non-hydrogen) atoms. The van der Waals surface area contributed by atoms with Crippen LogP contribution in [0.4, 0.5) is 5.82 Å². The molecular weight excluding hydrogens is 494 g/mol. The number of rotatable bonds is 11. The van der Waals surface area contributed by atoms with Crippen molar-refractivity contribution in [3.8, 4) is 11.3 Å². The standard InChI is InChI=1S/C27H34ClN5O4/c1-3-5-6-14-32-23(31-15-7-9-22(31)25(35)29-20(8-4-2)26(36)37)16-24(34)33-17-21(30-27(32)33)18-10-12-19(28)13-11-18/h10-13,16-17,20,22H,3-9,14-15H2,1-2H3,(H,29,35)(H,36,37)/t20-,22-/m0/s1. The van der Waals surface area contributed by atoms with Gasteiger partial charge in [-0.15, -0.1) is 0 Å². The summed E-state index contributed by atoms with van der Waals surface area (Å²) in [5, 5.41) is 12.9. The summed E-state index contributed by atoms with van der Waals surface area (Å²) in [6, 6.07) is 7.40. The van der Waals surface area contributed by atoms with Gasteiger partial charge in [0.1, 0.15) is 17.9 Å². The molecule has 9 nitrogen and oxygen atoms in total. The number of halogens is 1. The van der Waals surface area contributed by atoms with Gasteiger partial charge in [0.2, 0.25) is 11.7 Å². The highest BCUT2D eigenvalue weighted by Crippen LogP contribution is 2.28. The minimum Gasteiger partial charge on any atom is -0.480 e. The molecule has 0 spiro atoms. The first-order valence-electron chi connectivity index (χ1n) is 13.0. The number of hydrogen-bond donors (Lipinski definition) is 2. The van der Waals surface area contributed by atoms with E-state index in [2.05, 4.69) is 12.2 Å². The minimum absolute atomic E-state index is 0.232. The van der Waals surface area contributed by atoms with Crippen LogP contribution in [0.1, 0.15) is 58.8 Å². The minimum atomic E-state index is -1.04. The zero-order chi connectivity index (χ0) is 26.5. The summed E-state index contributed by atoms with van der Waals surface area (Å²) in [7, 11) is 0. The third-order valence-electron chi connectivity index (χ3n) is 6.86. The van der Waals surface area contributed by atoms with Crippen LogP contribution in [0.2, 0.25) is 5.02 Å². The molecular formula is C27H34ClN5O4. The number of aliphatic carboxylic acids is 1. The number of nitrogens with one attached hydrogen (secondary N) is 1. The number of carbonyl (C=O) groups is 2. The maximum absolute atomic E-state index is 13.2. The lowest BCUT2D eigenvalue weighted by Gasteiger charge is -2.29. The molecule has 0 radical (unpaired) electrons. The summed E-state index contributed by atoms with van der Waals surface area (Å²) in [6.07, 6.45) is 7.05. The van der Waals surface area contributed by atoms with Gasteiger partial charge < -0.3 is 15.3 Å². The molecule has 0 bridgehead atoms. The van der Waals surface area contributed by atoms with Crippen LogP contribution in [-0.2, 0) is 16.1 Å². The molecule has 3 aromatic rings. The molecule has 1 amide bonds. The third-order valence-corrected chi connectivity index (χ3v) is 7.11. The van der Waals surface area contributed by atoms with Gasteiger partial charge in [-0.3, -0.25) is 18.6 Å². The first-order valence-corrected chi connectivity index (χ1v) is 13.4. The average Bonchev–Trinajstić information content (AvgIpc) is 3.54. The van der Waals surface area contributed by atoms with Crippen LogP contribution >= 0.6 is 11.6 Å². The maximum atomic E-state index is 13.2. The molecule has 1 saturated heterocycles. The fourth-order valence-corrected chi connectivity index (χ4v) is 5.07. The van der Waals surface area contributed by atoms with E-state index in [9.17, 15) is 19.5 Å². The van der Waals surface area contributed by atoms with Gasteiger partial charge in [0.05, 0.1) is 5.69 Å². The monoisotopic (exact) mass is 527 g/mol. The molecule has 10 heteroatoms. The van der Waals surface area contributed by atoms with Crippen molar-refractivity contribution in [3.63, 3.8) is 0 Å². The number of anilines is 1. The fraction of sp³-hybridized carbons (Fsp3) is 0.481. The highest BCUT2D eigenvalue weighted by atomic mass is 35.5. The van der Waals surface area contributed by atoms with Crippen LogP contribution < -0.4 is 15.8 Å². The van der Waals surface area contributed by atoms with E-state index in [1.54, 1.807) is 28.8 Å². The molecule has 0 saturated carbocycles. The lowest BCUT2D eigenvalue weighted by atomic mass is 10.1. The molecule has 1 fully saturated rings. The van der Waals surface area contributed by atoms with Gasteiger partial charge in [-0.25, -0.2) is 9.78 Å². The highest BCUT2D eigenvalue weighted by Gasteiger charge is 2.35. The van der Waals surface area contributed by atoms with E-state index in [4.69, 9.17) is 16.6 Å². The number of fused-ring (bicyclic) bond motifs is 1.